The number of carbonyl (C=O) groups excluding carboxylic acids is 3. The SMILES string of the molecule is CC\C=C/C=C\C=C/C=C\C=C/CCCC(=O)OC(COC(=O)CCCC/C=C\C/C=C\CC)COC(=O)CCCCCCCCCCCC/C=C\C=C/CCCCC. The second-order valence-electron chi connectivity index (χ2n) is 15.0. The zero-order valence-corrected chi connectivity index (χ0v) is 37.7. The van der Waals surface area contributed by atoms with Crippen molar-refractivity contribution >= 4 is 17.9 Å². The number of ether oxygens (including phenoxy) is 3. The summed E-state index contributed by atoms with van der Waals surface area (Å²) in [5.74, 6) is -1.05. The number of hydrogen-bond donors (Lipinski definition) is 0. The Morgan fingerprint density at radius 2 is 0.763 bits per heavy atom. The Kier molecular flexibility index (Phi) is 43.6. The summed E-state index contributed by atoms with van der Waals surface area (Å²) in [7, 11) is 0. The summed E-state index contributed by atoms with van der Waals surface area (Å²) < 4.78 is 16.6. The fourth-order valence-corrected chi connectivity index (χ4v) is 5.91. The van der Waals surface area contributed by atoms with Crippen LogP contribution in [0.4, 0.5) is 0 Å². The Morgan fingerprint density at radius 3 is 1.32 bits per heavy atom. The molecule has 0 saturated carbocycles. The first kappa shape index (κ1) is 55.1. The van der Waals surface area contributed by atoms with Crippen molar-refractivity contribution in [2.45, 2.75) is 194 Å². The van der Waals surface area contributed by atoms with Crippen molar-refractivity contribution in [1.29, 1.82) is 0 Å². The maximum Gasteiger partial charge on any atom is 0.306 e. The molecule has 0 aromatic rings. The molecule has 1 atom stereocenters. The van der Waals surface area contributed by atoms with Crippen molar-refractivity contribution in [2.24, 2.45) is 0 Å². The highest BCUT2D eigenvalue weighted by atomic mass is 16.6. The second-order valence-corrected chi connectivity index (χ2v) is 15.0. The van der Waals surface area contributed by atoms with Gasteiger partial charge in [0.05, 0.1) is 0 Å². The van der Waals surface area contributed by atoms with E-state index in [1.165, 1.54) is 77.0 Å². The van der Waals surface area contributed by atoms with Gasteiger partial charge < -0.3 is 14.2 Å². The van der Waals surface area contributed by atoms with Gasteiger partial charge in [0.1, 0.15) is 13.2 Å². The Hall–Kier alpha value is -3.93. The van der Waals surface area contributed by atoms with Crippen molar-refractivity contribution in [3.63, 3.8) is 0 Å². The van der Waals surface area contributed by atoms with Crippen LogP contribution in [0.15, 0.2) is 109 Å². The van der Waals surface area contributed by atoms with Crippen LogP contribution in [0.1, 0.15) is 188 Å². The highest BCUT2D eigenvalue weighted by molar-refractivity contribution is 5.71. The van der Waals surface area contributed by atoms with E-state index in [-0.39, 0.29) is 31.6 Å². The predicted molar refractivity (Wildman–Crippen MR) is 251 cm³/mol. The van der Waals surface area contributed by atoms with Crippen LogP contribution in [0, 0.1) is 0 Å². The molecule has 0 rings (SSSR count). The molecule has 0 aromatic carbocycles. The van der Waals surface area contributed by atoms with Crippen LogP contribution in [-0.2, 0) is 28.6 Å². The van der Waals surface area contributed by atoms with E-state index in [0.717, 1.165) is 64.2 Å². The molecule has 1 unspecified atom stereocenters. The Labute approximate surface area is 361 Å². The number of unbranched alkanes of at least 4 members (excludes halogenated alkanes) is 16. The molecule has 0 spiro atoms. The van der Waals surface area contributed by atoms with E-state index < -0.39 is 12.1 Å². The number of allylic oxidation sites excluding steroid dienone is 18. The smallest absolute Gasteiger partial charge is 0.306 e. The third-order valence-electron chi connectivity index (χ3n) is 9.40. The predicted octanol–water partition coefficient (Wildman–Crippen LogP) is 15.2. The lowest BCUT2D eigenvalue weighted by atomic mass is 10.1. The zero-order valence-electron chi connectivity index (χ0n) is 37.7. The summed E-state index contributed by atoms with van der Waals surface area (Å²) >= 11 is 0. The standard InChI is InChI=1S/C53H84O6/c1-4-7-10-13-16-19-21-23-24-25-26-27-28-30-31-34-37-40-43-46-52(55)58-49-50(48-57-51(54)45-42-39-36-33-18-15-12-9-6-3)59-53(56)47-44-41-38-35-32-29-22-20-17-14-11-8-5-2/h8-9,11-12,14,16-23,29,32-33,35,38,50H,4-7,10,13,15,24-28,30-31,34,36-37,39-49H2,1-3H3/b11-8-,12-9-,17-14-,19-16-,22-20-,23-21-,32-29-,33-18-,38-35-. The van der Waals surface area contributed by atoms with Gasteiger partial charge >= 0.3 is 17.9 Å². The lowest BCUT2D eigenvalue weighted by Gasteiger charge is -2.18. The van der Waals surface area contributed by atoms with E-state index >= 15 is 0 Å². The second kappa shape index (κ2) is 46.8. The molecule has 0 heterocycles. The van der Waals surface area contributed by atoms with Gasteiger partial charge in [-0.3, -0.25) is 14.4 Å². The summed E-state index contributed by atoms with van der Waals surface area (Å²) in [5, 5.41) is 0. The van der Waals surface area contributed by atoms with E-state index in [0.29, 0.717) is 19.3 Å². The van der Waals surface area contributed by atoms with Crippen LogP contribution >= 0.6 is 0 Å². The number of hydrogen-bond acceptors (Lipinski definition) is 6. The molecule has 0 N–H and O–H groups in total. The highest BCUT2D eigenvalue weighted by Gasteiger charge is 2.19. The van der Waals surface area contributed by atoms with Crippen molar-refractivity contribution in [1.82, 2.24) is 0 Å². The number of rotatable bonds is 40. The van der Waals surface area contributed by atoms with E-state index in [1.54, 1.807) is 0 Å². The molecule has 332 valence electrons. The van der Waals surface area contributed by atoms with Gasteiger partial charge in [-0.05, 0) is 83.5 Å². The van der Waals surface area contributed by atoms with Gasteiger partial charge in [-0.1, -0.05) is 194 Å². The molecule has 0 fully saturated rings. The molecule has 59 heavy (non-hydrogen) atoms. The van der Waals surface area contributed by atoms with Crippen LogP contribution in [0.25, 0.3) is 0 Å². The molecule has 0 aliphatic rings. The van der Waals surface area contributed by atoms with Gasteiger partial charge in [-0.25, -0.2) is 0 Å². The Balaban J connectivity index is 4.44. The van der Waals surface area contributed by atoms with Gasteiger partial charge in [0.15, 0.2) is 6.10 Å². The lowest BCUT2D eigenvalue weighted by Crippen LogP contribution is -2.30. The van der Waals surface area contributed by atoms with E-state index in [9.17, 15) is 14.4 Å². The van der Waals surface area contributed by atoms with Crippen LogP contribution in [0.5, 0.6) is 0 Å². The van der Waals surface area contributed by atoms with E-state index in [1.807, 2.05) is 54.7 Å². The summed E-state index contributed by atoms with van der Waals surface area (Å²) in [4.78, 5) is 37.7. The average Bonchev–Trinajstić information content (AvgIpc) is 3.23. The Morgan fingerprint density at radius 1 is 0.373 bits per heavy atom. The fourth-order valence-electron chi connectivity index (χ4n) is 5.91. The first-order valence-electron chi connectivity index (χ1n) is 23.5. The minimum absolute atomic E-state index is 0.121. The van der Waals surface area contributed by atoms with E-state index in [2.05, 4.69) is 75.5 Å². The fraction of sp³-hybridized carbons (Fsp3) is 0.604. The van der Waals surface area contributed by atoms with Crippen molar-refractivity contribution in [2.75, 3.05) is 13.2 Å². The molecule has 0 aliphatic carbocycles. The summed E-state index contributed by atoms with van der Waals surface area (Å²) in [5.41, 5.74) is 0. The molecular formula is C53H84O6. The molecule has 6 heteroatoms. The van der Waals surface area contributed by atoms with E-state index in [4.69, 9.17) is 14.2 Å². The number of esters is 3. The molecule has 0 bridgehead atoms. The van der Waals surface area contributed by atoms with Crippen molar-refractivity contribution < 1.29 is 28.6 Å². The van der Waals surface area contributed by atoms with Gasteiger partial charge in [-0.2, -0.15) is 0 Å². The molecule has 0 aromatic heterocycles. The summed E-state index contributed by atoms with van der Waals surface area (Å²) in [6.45, 7) is 6.22. The normalized spacial score (nSPS) is 13.1. The third kappa shape index (κ3) is 45.0. The number of carbonyl (C=O) groups is 3. The first-order valence-corrected chi connectivity index (χ1v) is 23.5. The first-order chi connectivity index (χ1) is 29.0. The largest absolute Gasteiger partial charge is 0.462 e. The third-order valence-corrected chi connectivity index (χ3v) is 9.40. The summed E-state index contributed by atoms with van der Waals surface area (Å²) in [6, 6.07) is 0. The highest BCUT2D eigenvalue weighted by Crippen LogP contribution is 2.13. The van der Waals surface area contributed by atoms with Crippen LogP contribution < -0.4 is 0 Å². The van der Waals surface area contributed by atoms with Gasteiger partial charge in [-0.15, -0.1) is 0 Å². The van der Waals surface area contributed by atoms with Crippen LogP contribution in [0.3, 0.4) is 0 Å². The molecule has 6 nitrogen and oxygen atoms in total. The molecule has 0 amide bonds. The average molecular weight is 817 g/mol. The molecule has 0 aliphatic heterocycles. The lowest BCUT2D eigenvalue weighted by molar-refractivity contribution is -0.167. The molecule has 0 saturated heterocycles. The monoisotopic (exact) mass is 817 g/mol. The minimum Gasteiger partial charge on any atom is -0.462 e. The van der Waals surface area contributed by atoms with Gasteiger partial charge in [0, 0.05) is 19.3 Å². The van der Waals surface area contributed by atoms with Crippen molar-refractivity contribution in [3.05, 3.63) is 109 Å². The van der Waals surface area contributed by atoms with Crippen LogP contribution in [0.2, 0.25) is 0 Å². The van der Waals surface area contributed by atoms with Crippen LogP contribution in [-0.4, -0.2) is 37.2 Å². The quantitative estimate of drug-likeness (QED) is 0.0201. The maximum absolute atomic E-state index is 12.7. The maximum atomic E-state index is 12.7. The molecular weight excluding hydrogens is 733 g/mol. The van der Waals surface area contributed by atoms with Crippen molar-refractivity contribution in [3.8, 4) is 0 Å². The van der Waals surface area contributed by atoms with Gasteiger partial charge in [0.2, 0.25) is 0 Å². The minimum atomic E-state index is -0.829. The Bertz CT molecular complexity index is 1260. The molecule has 0 radical (unpaired) electrons. The van der Waals surface area contributed by atoms with Gasteiger partial charge in [0.25, 0.3) is 0 Å². The summed E-state index contributed by atoms with van der Waals surface area (Å²) in [6.07, 6.45) is 62.4. The topological polar surface area (TPSA) is 78.9 Å². The zero-order chi connectivity index (χ0) is 43.0.